The van der Waals surface area contributed by atoms with Gasteiger partial charge in [-0.3, -0.25) is 9.69 Å². The number of nitrogens with zero attached hydrogens (tertiary/aromatic N) is 2. The summed E-state index contributed by atoms with van der Waals surface area (Å²) in [5.74, 6) is -0.172. The zero-order valence-electron chi connectivity index (χ0n) is 15.6. The Morgan fingerprint density at radius 2 is 2.04 bits per heavy atom. The Labute approximate surface area is 154 Å². The van der Waals surface area contributed by atoms with Crippen LogP contribution in [-0.4, -0.2) is 60.6 Å². The summed E-state index contributed by atoms with van der Waals surface area (Å²) in [6.45, 7) is 8.10. The van der Waals surface area contributed by atoms with Crippen molar-refractivity contribution < 1.29 is 14.3 Å². The Morgan fingerprint density at radius 3 is 2.60 bits per heavy atom. The third-order valence-electron chi connectivity index (χ3n) is 4.03. The Hall–Kier alpha value is -1.60. The van der Waals surface area contributed by atoms with Crippen LogP contribution in [0.2, 0.25) is 0 Å². The highest BCUT2D eigenvalue weighted by atomic mass is 32.1. The molecule has 140 valence electrons. The summed E-state index contributed by atoms with van der Waals surface area (Å²) in [5, 5.41) is 5.04. The summed E-state index contributed by atoms with van der Waals surface area (Å²) in [6.07, 6.45) is 1.92. The second-order valence-electron chi connectivity index (χ2n) is 7.41. The van der Waals surface area contributed by atoms with E-state index in [2.05, 4.69) is 21.7 Å². The van der Waals surface area contributed by atoms with Gasteiger partial charge in [0.1, 0.15) is 12.1 Å². The highest BCUT2D eigenvalue weighted by molar-refractivity contribution is 7.10. The summed E-state index contributed by atoms with van der Waals surface area (Å²) in [4.78, 5) is 29.2. The van der Waals surface area contributed by atoms with E-state index in [1.165, 1.54) is 22.6 Å². The van der Waals surface area contributed by atoms with Gasteiger partial charge in [-0.2, -0.15) is 0 Å². The van der Waals surface area contributed by atoms with Gasteiger partial charge in [0.15, 0.2) is 0 Å². The van der Waals surface area contributed by atoms with Crippen LogP contribution in [0.3, 0.4) is 0 Å². The summed E-state index contributed by atoms with van der Waals surface area (Å²) in [7, 11) is 1.57. The molecule has 1 aromatic heterocycles. The van der Waals surface area contributed by atoms with Crippen molar-refractivity contribution >= 4 is 23.3 Å². The SMILES string of the molecule is CN(CC(=O)NCC(c1cccs1)N1CCCC1)C(=O)OC(C)(C)C. The Kier molecular flexibility index (Phi) is 6.84. The molecule has 6 nitrogen and oxygen atoms in total. The maximum absolute atomic E-state index is 12.2. The van der Waals surface area contributed by atoms with E-state index in [1.807, 2.05) is 6.07 Å². The molecule has 0 saturated carbocycles. The van der Waals surface area contributed by atoms with Crippen molar-refractivity contribution in [3.05, 3.63) is 22.4 Å². The number of rotatable bonds is 6. The maximum atomic E-state index is 12.2. The second kappa shape index (κ2) is 8.67. The van der Waals surface area contributed by atoms with Crippen LogP contribution in [0.1, 0.15) is 44.5 Å². The van der Waals surface area contributed by atoms with Crippen molar-refractivity contribution in [1.82, 2.24) is 15.1 Å². The fraction of sp³-hybridized carbons (Fsp3) is 0.667. The monoisotopic (exact) mass is 367 g/mol. The predicted molar refractivity (Wildman–Crippen MR) is 99.7 cm³/mol. The molecule has 1 aliphatic heterocycles. The first-order valence-corrected chi connectivity index (χ1v) is 9.62. The molecule has 2 heterocycles. The van der Waals surface area contributed by atoms with Gasteiger partial charge in [-0.25, -0.2) is 4.79 Å². The number of carbonyl (C=O) groups excluding carboxylic acids is 2. The molecule has 7 heteroatoms. The van der Waals surface area contributed by atoms with Gasteiger partial charge < -0.3 is 15.0 Å². The molecule has 2 rings (SSSR count). The molecule has 0 bridgehead atoms. The van der Waals surface area contributed by atoms with Crippen LogP contribution < -0.4 is 5.32 Å². The van der Waals surface area contributed by atoms with E-state index in [1.54, 1.807) is 39.2 Å². The first-order chi connectivity index (χ1) is 11.8. The second-order valence-corrected chi connectivity index (χ2v) is 8.39. The molecular weight excluding hydrogens is 338 g/mol. The van der Waals surface area contributed by atoms with Crippen LogP contribution in [0.4, 0.5) is 4.79 Å². The van der Waals surface area contributed by atoms with Crippen LogP contribution in [0.15, 0.2) is 17.5 Å². The summed E-state index contributed by atoms with van der Waals surface area (Å²) < 4.78 is 5.27. The molecule has 0 aromatic carbocycles. The van der Waals surface area contributed by atoms with Crippen LogP contribution in [0.5, 0.6) is 0 Å². The van der Waals surface area contributed by atoms with Gasteiger partial charge in [0.25, 0.3) is 0 Å². The largest absolute Gasteiger partial charge is 0.444 e. The summed E-state index contributed by atoms with van der Waals surface area (Å²) in [5.41, 5.74) is -0.568. The molecule has 25 heavy (non-hydrogen) atoms. The van der Waals surface area contributed by atoms with Gasteiger partial charge in [0, 0.05) is 18.5 Å². The molecule has 0 aliphatic carbocycles. The van der Waals surface area contributed by atoms with E-state index >= 15 is 0 Å². The lowest BCUT2D eigenvalue weighted by atomic mass is 10.2. The molecule has 1 unspecified atom stereocenters. The molecule has 1 saturated heterocycles. The highest BCUT2D eigenvalue weighted by Crippen LogP contribution is 2.27. The summed E-state index contributed by atoms with van der Waals surface area (Å²) >= 11 is 1.72. The highest BCUT2D eigenvalue weighted by Gasteiger charge is 2.25. The van der Waals surface area contributed by atoms with Gasteiger partial charge in [-0.1, -0.05) is 6.07 Å². The fourth-order valence-corrected chi connectivity index (χ4v) is 3.69. The molecule has 1 fully saturated rings. The van der Waals surface area contributed by atoms with E-state index in [4.69, 9.17) is 4.74 Å². The van der Waals surface area contributed by atoms with Crippen molar-refractivity contribution in [2.24, 2.45) is 0 Å². The zero-order valence-corrected chi connectivity index (χ0v) is 16.4. The normalized spacial score (nSPS) is 16.5. The molecule has 1 atom stereocenters. The molecule has 0 radical (unpaired) electrons. The third-order valence-corrected chi connectivity index (χ3v) is 5.01. The van der Waals surface area contributed by atoms with Gasteiger partial charge in [0.2, 0.25) is 5.91 Å². The number of nitrogens with one attached hydrogen (secondary N) is 1. The van der Waals surface area contributed by atoms with Crippen molar-refractivity contribution in [2.75, 3.05) is 33.2 Å². The van der Waals surface area contributed by atoms with Crippen LogP contribution in [-0.2, 0) is 9.53 Å². The van der Waals surface area contributed by atoms with E-state index in [-0.39, 0.29) is 18.5 Å². The number of thiophene rings is 1. The number of amides is 2. The van der Waals surface area contributed by atoms with Crippen molar-refractivity contribution in [3.8, 4) is 0 Å². The van der Waals surface area contributed by atoms with E-state index < -0.39 is 11.7 Å². The Balaban J connectivity index is 1.85. The van der Waals surface area contributed by atoms with E-state index in [0.29, 0.717) is 6.54 Å². The quantitative estimate of drug-likeness (QED) is 0.840. The van der Waals surface area contributed by atoms with Crippen molar-refractivity contribution in [1.29, 1.82) is 0 Å². The Morgan fingerprint density at radius 1 is 1.36 bits per heavy atom. The number of hydrogen-bond acceptors (Lipinski definition) is 5. The standard InChI is InChI=1S/C18H29N3O3S/c1-18(2,3)24-17(23)20(4)13-16(22)19-12-14(15-8-7-11-25-15)21-9-5-6-10-21/h7-8,11,14H,5-6,9-10,12-13H2,1-4H3,(H,19,22). The fourth-order valence-electron chi connectivity index (χ4n) is 2.83. The molecule has 2 amide bonds. The maximum Gasteiger partial charge on any atom is 0.410 e. The lowest BCUT2D eigenvalue weighted by molar-refractivity contribution is -0.122. The number of carbonyl (C=O) groups is 2. The van der Waals surface area contributed by atoms with Gasteiger partial charge in [0.05, 0.1) is 6.04 Å². The smallest absolute Gasteiger partial charge is 0.410 e. The molecule has 0 spiro atoms. The first-order valence-electron chi connectivity index (χ1n) is 8.74. The van der Waals surface area contributed by atoms with Gasteiger partial charge in [-0.15, -0.1) is 11.3 Å². The number of hydrogen-bond donors (Lipinski definition) is 1. The van der Waals surface area contributed by atoms with Crippen LogP contribution >= 0.6 is 11.3 Å². The lowest BCUT2D eigenvalue weighted by Crippen LogP contribution is -2.43. The number of ether oxygens (including phenoxy) is 1. The molecule has 1 aliphatic rings. The number of likely N-dealkylation sites (tertiary alicyclic amines) is 1. The van der Waals surface area contributed by atoms with Crippen molar-refractivity contribution in [3.63, 3.8) is 0 Å². The van der Waals surface area contributed by atoms with Gasteiger partial charge in [-0.05, 0) is 58.1 Å². The molecular formula is C18H29N3O3S. The molecule has 1 N–H and O–H groups in total. The number of likely N-dealkylation sites (N-methyl/N-ethyl adjacent to an activating group) is 1. The van der Waals surface area contributed by atoms with E-state index in [9.17, 15) is 9.59 Å². The van der Waals surface area contributed by atoms with Crippen LogP contribution in [0, 0.1) is 0 Å². The predicted octanol–water partition coefficient (Wildman–Crippen LogP) is 2.87. The molecule has 1 aromatic rings. The van der Waals surface area contributed by atoms with E-state index in [0.717, 1.165) is 13.1 Å². The average Bonchev–Trinajstić information content (AvgIpc) is 3.19. The average molecular weight is 368 g/mol. The third kappa shape index (κ3) is 6.32. The topological polar surface area (TPSA) is 61.9 Å². The first kappa shape index (κ1) is 19.7. The minimum absolute atomic E-state index is 0.00786. The minimum atomic E-state index is -0.568. The van der Waals surface area contributed by atoms with Crippen LogP contribution in [0.25, 0.3) is 0 Å². The minimum Gasteiger partial charge on any atom is -0.444 e. The summed E-state index contributed by atoms with van der Waals surface area (Å²) in [6, 6.07) is 4.37. The zero-order chi connectivity index (χ0) is 18.4. The lowest BCUT2D eigenvalue weighted by Gasteiger charge is -2.27. The Bertz CT molecular complexity index is 563. The van der Waals surface area contributed by atoms with Crippen molar-refractivity contribution in [2.45, 2.75) is 45.3 Å². The van der Waals surface area contributed by atoms with Gasteiger partial charge >= 0.3 is 6.09 Å².